The Morgan fingerprint density at radius 2 is 1.63 bits per heavy atom. The summed E-state index contributed by atoms with van der Waals surface area (Å²) in [7, 11) is 0. The number of anilines is 1. The first-order valence-electron chi connectivity index (χ1n) is 9.91. The number of nitrogens with one attached hydrogen (secondary N) is 2. The largest absolute Gasteiger partial charge is 0.351 e. The van der Waals surface area contributed by atoms with Crippen LogP contribution in [0, 0.1) is 12.7 Å². The first-order valence-corrected chi connectivity index (χ1v) is 10.3. The minimum absolute atomic E-state index is 0.0964. The SMILES string of the molecule is Cc1ccc(CNC(=O)CN2CCN(CC(=O)Nc3ccccc3Cl)CC2)cc1F. The number of amides is 2. The van der Waals surface area contributed by atoms with Crippen molar-refractivity contribution in [2.75, 3.05) is 44.6 Å². The molecule has 30 heavy (non-hydrogen) atoms. The molecule has 1 aliphatic heterocycles. The molecule has 3 rings (SSSR count). The van der Waals surface area contributed by atoms with Crippen molar-refractivity contribution in [3.8, 4) is 0 Å². The van der Waals surface area contributed by atoms with Gasteiger partial charge in [-0.3, -0.25) is 19.4 Å². The molecule has 1 aliphatic rings. The molecular formula is C22H26ClFN4O2. The first-order chi connectivity index (χ1) is 14.4. The average molecular weight is 433 g/mol. The lowest BCUT2D eigenvalue weighted by molar-refractivity contribution is -0.123. The molecule has 8 heteroatoms. The van der Waals surface area contributed by atoms with Crippen LogP contribution in [-0.2, 0) is 16.1 Å². The van der Waals surface area contributed by atoms with Gasteiger partial charge in [0.05, 0.1) is 23.8 Å². The molecule has 1 fully saturated rings. The molecule has 0 radical (unpaired) electrons. The number of piperazine rings is 1. The van der Waals surface area contributed by atoms with Crippen molar-refractivity contribution in [3.05, 3.63) is 64.4 Å². The highest BCUT2D eigenvalue weighted by atomic mass is 35.5. The number of nitrogens with zero attached hydrogens (tertiary/aromatic N) is 2. The van der Waals surface area contributed by atoms with Crippen molar-refractivity contribution in [2.24, 2.45) is 0 Å². The quantitative estimate of drug-likeness (QED) is 0.706. The Morgan fingerprint density at radius 3 is 2.27 bits per heavy atom. The summed E-state index contributed by atoms with van der Waals surface area (Å²) in [6.45, 7) is 5.38. The lowest BCUT2D eigenvalue weighted by atomic mass is 10.1. The summed E-state index contributed by atoms with van der Waals surface area (Å²) in [5.41, 5.74) is 1.93. The highest BCUT2D eigenvalue weighted by Crippen LogP contribution is 2.20. The van der Waals surface area contributed by atoms with Crippen LogP contribution in [0.4, 0.5) is 10.1 Å². The van der Waals surface area contributed by atoms with Gasteiger partial charge in [-0.2, -0.15) is 0 Å². The summed E-state index contributed by atoms with van der Waals surface area (Å²) >= 11 is 6.07. The number of para-hydroxylation sites is 1. The standard InChI is InChI=1S/C22H26ClFN4O2/c1-16-6-7-17(12-19(16)24)13-25-21(29)14-27-8-10-28(11-9-27)15-22(30)26-20-5-3-2-4-18(20)23/h2-7,12H,8-11,13-15H2,1H3,(H,25,29)(H,26,30). The van der Waals surface area contributed by atoms with E-state index in [9.17, 15) is 14.0 Å². The molecular weight excluding hydrogens is 407 g/mol. The lowest BCUT2D eigenvalue weighted by Crippen LogP contribution is -2.50. The number of rotatable bonds is 7. The molecule has 0 aliphatic carbocycles. The van der Waals surface area contributed by atoms with E-state index >= 15 is 0 Å². The second kappa shape index (κ2) is 10.5. The maximum Gasteiger partial charge on any atom is 0.238 e. The van der Waals surface area contributed by atoms with E-state index < -0.39 is 0 Å². The second-order valence-corrected chi connectivity index (χ2v) is 7.85. The first kappa shape index (κ1) is 22.2. The fraction of sp³-hybridized carbons (Fsp3) is 0.364. The summed E-state index contributed by atoms with van der Waals surface area (Å²) in [6.07, 6.45) is 0. The van der Waals surface area contributed by atoms with Gasteiger partial charge in [-0.1, -0.05) is 35.9 Å². The minimum atomic E-state index is -0.267. The summed E-state index contributed by atoms with van der Waals surface area (Å²) in [4.78, 5) is 28.5. The van der Waals surface area contributed by atoms with Crippen molar-refractivity contribution in [2.45, 2.75) is 13.5 Å². The molecule has 0 aromatic heterocycles. The number of hydrogen-bond acceptors (Lipinski definition) is 4. The maximum absolute atomic E-state index is 13.6. The summed E-state index contributed by atoms with van der Waals surface area (Å²) in [5.74, 6) is -0.475. The zero-order valence-corrected chi connectivity index (χ0v) is 17.7. The fourth-order valence-corrected chi connectivity index (χ4v) is 3.45. The van der Waals surface area contributed by atoms with Crippen LogP contribution in [0.2, 0.25) is 5.02 Å². The Morgan fingerprint density at radius 1 is 1.00 bits per heavy atom. The Bertz CT molecular complexity index is 900. The van der Waals surface area contributed by atoms with E-state index in [0.717, 1.165) is 5.56 Å². The molecule has 2 amide bonds. The molecule has 2 aromatic rings. The molecule has 160 valence electrons. The van der Waals surface area contributed by atoms with Crippen LogP contribution < -0.4 is 10.6 Å². The topological polar surface area (TPSA) is 64.7 Å². The maximum atomic E-state index is 13.6. The molecule has 0 bridgehead atoms. The van der Waals surface area contributed by atoms with Gasteiger partial charge in [0.2, 0.25) is 11.8 Å². The summed E-state index contributed by atoms with van der Waals surface area (Å²) < 4.78 is 13.6. The fourth-order valence-electron chi connectivity index (χ4n) is 3.27. The zero-order chi connectivity index (χ0) is 21.5. The normalized spacial score (nSPS) is 15.0. The molecule has 0 unspecified atom stereocenters. The summed E-state index contributed by atoms with van der Waals surface area (Å²) in [5, 5.41) is 6.16. The van der Waals surface area contributed by atoms with Gasteiger partial charge >= 0.3 is 0 Å². The van der Waals surface area contributed by atoms with Gasteiger partial charge < -0.3 is 10.6 Å². The van der Waals surface area contributed by atoms with E-state index in [0.29, 0.717) is 49.0 Å². The van der Waals surface area contributed by atoms with E-state index in [1.807, 2.05) is 23.1 Å². The van der Waals surface area contributed by atoms with Gasteiger partial charge in [0, 0.05) is 32.7 Å². The van der Waals surface area contributed by atoms with Gasteiger partial charge in [-0.15, -0.1) is 0 Å². The third-order valence-corrected chi connectivity index (χ3v) is 5.40. The predicted octanol–water partition coefficient (Wildman–Crippen LogP) is 2.66. The zero-order valence-electron chi connectivity index (χ0n) is 17.0. The Labute approximate surface area is 181 Å². The van der Waals surface area contributed by atoms with Gasteiger partial charge in [0.15, 0.2) is 0 Å². The van der Waals surface area contributed by atoms with Gasteiger partial charge in [-0.05, 0) is 36.2 Å². The Kier molecular flexibility index (Phi) is 7.79. The van der Waals surface area contributed by atoms with Crippen molar-refractivity contribution >= 4 is 29.1 Å². The van der Waals surface area contributed by atoms with E-state index in [1.54, 1.807) is 25.1 Å². The van der Waals surface area contributed by atoms with E-state index in [2.05, 4.69) is 15.5 Å². The van der Waals surface area contributed by atoms with Crippen molar-refractivity contribution < 1.29 is 14.0 Å². The molecule has 0 saturated carbocycles. The number of carbonyl (C=O) groups is 2. The Balaban J connectivity index is 1.36. The number of aryl methyl sites for hydroxylation is 1. The van der Waals surface area contributed by atoms with Crippen LogP contribution in [0.5, 0.6) is 0 Å². The number of carbonyl (C=O) groups excluding carboxylic acids is 2. The van der Waals surface area contributed by atoms with Crippen LogP contribution in [-0.4, -0.2) is 60.9 Å². The van der Waals surface area contributed by atoms with Crippen molar-refractivity contribution in [1.82, 2.24) is 15.1 Å². The second-order valence-electron chi connectivity index (χ2n) is 7.44. The summed E-state index contributed by atoms with van der Waals surface area (Å²) in [6, 6.07) is 12.1. The Hall–Kier alpha value is -2.48. The lowest BCUT2D eigenvalue weighted by Gasteiger charge is -2.33. The predicted molar refractivity (Wildman–Crippen MR) is 116 cm³/mol. The molecule has 1 heterocycles. The smallest absolute Gasteiger partial charge is 0.238 e. The van der Waals surface area contributed by atoms with Crippen molar-refractivity contribution in [1.29, 1.82) is 0 Å². The third-order valence-electron chi connectivity index (χ3n) is 5.07. The monoisotopic (exact) mass is 432 g/mol. The van der Waals surface area contributed by atoms with Crippen LogP contribution in [0.3, 0.4) is 0 Å². The van der Waals surface area contributed by atoms with Gasteiger partial charge in [-0.25, -0.2) is 4.39 Å². The van der Waals surface area contributed by atoms with Crippen LogP contribution >= 0.6 is 11.6 Å². The average Bonchev–Trinajstić information content (AvgIpc) is 2.72. The minimum Gasteiger partial charge on any atom is -0.351 e. The number of benzene rings is 2. The van der Waals surface area contributed by atoms with Gasteiger partial charge in [0.1, 0.15) is 5.82 Å². The highest BCUT2D eigenvalue weighted by molar-refractivity contribution is 6.33. The molecule has 2 aromatic carbocycles. The third kappa shape index (κ3) is 6.52. The van der Waals surface area contributed by atoms with Crippen LogP contribution in [0.1, 0.15) is 11.1 Å². The molecule has 2 N–H and O–H groups in total. The molecule has 0 atom stereocenters. The number of hydrogen-bond donors (Lipinski definition) is 2. The highest BCUT2D eigenvalue weighted by Gasteiger charge is 2.20. The van der Waals surface area contributed by atoms with Crippen LogP contribution in [0.15, 0.2) is 42.5 Å². The molecule has 6 nitrogen and oxygen atoms in total. The molecule has 1 saturated heterocycles. The van der Waals surface area contributed by atoms with Gasteiger partial charge in [0.25, 0.3) is 0 Å². The number of halogens is 2. The van der Waals surface area contributed by atoms with Crippen molar-refractivity contribution in [3.63, 3.8) is 0 Å². The molecule has 0 spiro atoms. The van der Waals surface area contributed by atoms with E-state index in [4.69, 9.17) is 11.6 Å². The van der Waals surface area contributed by atoms with E-state index in [-0.39, 0.29) is 30.7 Å². The van der Waals surface area contributed by atoms with Crippen LogP contribution in [0.25, 0.3) is 0 Å². The van der Waals surface area contributed by atoms with E-state index in [1.165, 1.54) is 6.07 Å².